The van der Waals surface area contributed by atoms with E-state index in [1.807, 2.05) is 41.5 Å². The SMILES string of the molecule is CC(C)(C)c1nc2nc(C(C)(C)C)oc2o1. The molecule has 0 N–H and O–H groups in total. The highest BCUT2D eigenvalue weighted by Gasteiger charge is 2.27. The second kappa shape index (κ2) is 3.09. The van der Waals surface area contributed by atoms with Gasteiger partial charge < -0.3 is 8.83 Å². The van der Waals surface area contributed by atoms with Crippen molar-refractivity contribution in [2.45, 2.75) is 52.4 Å². The van der Waals surface area contributed by atoms with Gasteiger partial charge in [0.25, 0.3) is 0 Å². The minimum atomic E-state index is -0.120. The molecule has 0 aliphatic heterocycles. The maximum atomic E-state index is 5.57. The van der Waals surface area contributed by atoms with E-state index in [1.165, 1.54) is 0 Å². The van der Waals surface area contributed by atoms with Crippen molar-refractivity contribution in [2.24, 2.45) is 0 Å². The number of oxazole rings is 2. The van der Waals surface area contributed by atoms with E-state index in [1.54, 1.807) is 0 Å². The van der Waals surface area contributed by atoms with Crippen LogP contribution in [0.15, 0.2) is 8.83 Å². The highest BCUT2D eigenvalue weighted by Crippen LogP contribution is 2.29. The highest BCUT2D eigenvalue weighted by atomic mass is 16.5. The van der Waals surface area contributed by atoms with Crippen LogP contribution in [-0.2, 0) is 10.8 Å². The summed E-state index contributed by atoms with van der Waals surface area (Å²) in [6, 6.07) is 0. The summed E-state index contributed by atoms with van der Waals surface area (Å²) in [6.07, 6.45) is 0. The third-order valence-corrected chi connectivity index (χ3v) is 2.26. The predicted molar refractivity (Wildman–Crippen MR) is 61.5 cm³/mol. The zero-order chi connectivity index (χ0) is 12.1. The van der Waals surface area contributed by atoms with Gasteiger partial charge in [0.1, 0.15) is 0 Å². The third kappa shape index (κ3) is 1.84. The van der Waals surface area contributed by atoms with Gasteiger partial charge in [0, 0.05) is 10.8 Å². The Hall–Kier alpha value is -1.32. The standard InChI is InChI=1S/C12H18N2O2/c1-11(2,3)9-13-7-8(15-9)16-10(14-7)12(4,5)6/h1-6H3. The molecule has 0 atom stereocenters. The fourth-order valence-electron chi connectivity index (χ4n) is 1.28. The molecule has 0 radical (unpaired) electrons. The molecule has 88 valence electrons. The number of rotatable bonds is 0. The number of hydrogen-bond donors (Lipinski definition) is 0. The lowest BCUT2D eigenvalue weighted by Gasteiger charge is -2.13. The first kappa shape index (κ1) is 11.2. The summed E-state index contributed by atoms with van der Waals surface area (Å²) >= 11 is 0. The average molecular weight is 222 g/mol. The number of fused-ring (bicyclic) bond motifs is 1. The average Bonchev–Trinajstić information content (AvgIpc) is 2.53. The number of hydrogen-bond acceptors (Lipinski definition) is 4. The van der Waals surface area contributed by atoms with Crippen molar-refractivity contribution in [2.75, 3.05) is 0 Å². The van der Waals surface area contributed by atoms with E-state index < -0.39 is 0 Å². The van der Waals surface area contributed by atoms with E-state index in [-0.39, 0.29) is 10.8 Å². The van der Waals surface area contributed by atoms with Crippen LogP contribution in [0.25, 0.3) is 11.4 Å². The van der Waals surface area contributed by atoms with Crippen molar-refractivity contribution in [1.29, 1.82) is 0 Å². The van der Waals surface area contributed by atoms with Crippen LogP contribution in [0.2, 0.25) is 0 Å². The van der Waals surface area contributed by atoms with Gasteiger partial charge in [0.2, 0.25) is 17.4 Å². The van der Waals surface area contributed by atoms with Crippen LogP contribution in [0.3, 0.4) is 0 Å². The molecule has 0 saturated carbocycles. The number of nitrogens with zero attached hydrogens (tertiary/aromatic N) is 2. The van der Waals surface area contributed by atoms with Crippen molar-refractivity contribution in [3.63, 3.8) is 0 Å². The summed E-state index contributed by atoms with van der Waals surface area (Å²) in [4.78, 5) is 8.69. The normalized spacial score (nSPS) is 13.6. The Morgan fingerprint density at radius 1 is 0.750 bits per heavy atom. The van der Waals surface area contributed by atoms with Gasteiger partial charge in [-0.2, -0.15) is 9.97 Å². The van der Waals surface area contributed by atoms with Crippen LogP contribution in [0.4, 0.5) is 0 Å². The molecule has 16 heavy (non-hydrogen) atoms. The maximum absolute atomic E-state index is 5.57. The van der Waals surface area contributed by atoms with Gasteiger partial charge in [-0.25, -0.2) is 0 Å². The summed E-state index contributed by atoms with van der Waals surface area (Å²) in [6.45, 7) is 12.3. The summed E-state index contributed by atoms with van der Waals surface area (Å²) in [5.74, 6) is 1.75. The molecule has 0 fully saturated rings. The molecule has 0 spiro atoms. The lowest BCUT2D eigenvalue weighted by atomic mass is 9.97. The molecule has 0 aliphatic carbocycles. The van der Waals surface area contributed by atoms with Crippen LogP contribution in [0, 0.1) is 0 Å². The topological polar surface area (TPSA) is 52.1 Å². The first-order valence-corrected chi connectivity index (χ1v) is 5.46. The Morgan fingerprint density at radius 2 is 1.12 bits per heavy atom. The Bertz CT molecular complexity index is 434. The van der Waals surface area contributed by atoms with Gasteiger partial charge in [-0.05, 0) is 0 Å². The molecule has 0 bridgehead atoms. The molecular weight excluding hydrogens is 204 g/mol. The minimum absolute atomic E-state index is 0.120. The van der Waals surface area contributed by atoms with Crippen molar-refractivity contribution in [1.82, 2.24) is 9.97 Å². The van der Waals surface area contributed by atoms with Crippen LogP contribution in [0.5, 0.6) is 0 Å². The van der Waals surface area contributed by atoms with Crippen LogP contribution in [0.1, 0.15) is 53.3 Å². The molecular formula is C12H18N2O2. The second-order valence-corrected chi connectivity index (χ2v) is 6.15. The fraction of sp³-hybridized carbons (Fsp3) is 0.667. The molecule has 2 heterocycles. The first-order chi connectivity index (χ1) is 7.18. The molecule has 0 saturated heterocycles. The Morgan fingerprint density at radius 3 is 1.38 bits per heavy atom. The van der Waals surface area contributed by atoms with Gasteiger partial charge in [-0.1, -0.05) is 41.5 Å². The van der Waals surface area contributed by atoms with E-state index >= 15 is 0 Å². The molecule has 4 nitrogen and oxygen atoms in total. The predicted octanol–water partition coefficient (Wildman–Crippen LogP) is 3.41. The summed E-state index contributed by atoms with van der Waals surface area (Å²) in [5.41, 5.74) is 0.325. The van der Waals surface area contributed by atoms with Crippen molar-refractivity contribution in [3.05, 3.63) is 11.8 Å². The van der Waals surface area contributed by atoms with E-state index in [0.29, 0.717) is 23.2 Å². The summed E-state index contributed by atoms with van der Waals surface area (Å²) in [5, 5.41) is 0. The van der Waals surface area contributed by atoms with Gasteiger partial charge in [0.05, 0.1) is 0 Å². The van der Waals surface area contributed by atoms with Crippen molar-refractivity contribution >= 4 is 11.4 Å². The monoisotopic (exact) mass is 222 g/mol. The Labute approximate surface area is 95.1 Å². The fourth-order valence-corrected chi connectivity index (χ4v) is 1.28. The zero-order valence-electron chi connectivity index (χ0n) is 10.7. The van der Waals surface area contributed by atoms with Gasteiger partial charge in [-0.15, -0.1) is 0 Å². The summed E-state index contributed by atoms with van der Waals surface area (Å²) < 4.78 is 11.1. The molecule has 0 amide bonds. The van der Waals surface area contributed by atoms with Crippen molar-refractivity contribution < 1.29 is 8.83 Å². The van der Waals surface area contributed by atoms with E-state index in [2.05, 4.69) is 9.97 Å². The van der Waals surface area contributed by atoms with Crippen LogP contribution in [-0.4, -0.2) is 9.97 Å². The zero-order valence-corrected chi connectivity index (χ0v) is 10.7. The van der Waals surface area contributed by atoms with Crippen molar-refractivity contribution in [3.8, 4) is 0 Å². The Balaban J connectivity index is 2.49. The van der Waals surface area contributed by atoms with Gasteiger partial charge >= 0.3 is 5.78 Å². The molecule has 0 unspecified atom stereocenters. The maximum Gasteiger partial charge on any atom is 0.339 e. The van der Waals surface area contributed by atoms with E-state index in [4.69, 9.17) is 8.83 Å². The molecule has 2 aromatic rings. The molecule has 0 aromatic carbocycles. The smallest absolute Gasteiger partial charge is 0.339 e. The quantitative estimate of drug-likeness (QED) is 0.685. The minimum Gasteiger partial charge on any atom is -0.408 e. The lowest BCUT2D eigenvalue weighted by molar-refractivity contribution is 0.340. The van der Waals surface area contributed by atoms with Gasteiger partial charge in [-0.3, -0.25) is 0 Å². The molecule has 2 rings (SSSR count). The van der Waals surface area contributed by atoms with E-state index in [9.17, 15) is 0 Å². The molecule has 4 heteroatoms. The Kier molecular flexibility index (Phi) is 2.16. The lowest BCUT2D eigenvalue weighted by Crippen LogP contribution is -2.12. The molecule has 2 aromatic heterocycles. The summed E-state index contributed by atoms with van der Waals surface area (Å²) in [7, 11) is 0. The second-order valence-electron chi connectivity index (χ2n) is 6.15. The third-order valence-electron chi connectivity index (χ3n) is 2.26. The van der Waals surface area contributed by atoms with Gasteiger partial charge in [0.15, 0.2) is 0 Å². The van der Waals surface area contributed by atoms with Crippen LogP contribution < -0.4 is 0 Å². The number of aromatic nitrogens is 2. The first-order valence-electron chi connectivity index (χ1n) is 5.46. The molecule has 0 aliphatic rings. The van der Waals surface area contributed by atoms with E-state index in [0.717, 1.165) is 0 Å². The largest absolute Gasteiger partial charge is 0.408 e. The highest BCUT2D eigenvalue weighted by molar-refractivity contribution is 5.61. The van der Waals surface area contributed by atoms with Crippen LogP contribution >= 0.6 is 0 Å².